The minimum absolute atomic E-state index is 0.0155. The molecule has 0 spiro atoms. The van der Waals surface area contributed by atoms with Crippen LogP contribution in [-0.2, 0) is 33.3 Å². The maximum atomic E-state index is 11.7. The van der Waals surface area contributed by atoms with Gasteiger partial charge in [0.1, 0.15) is 62.0 Å². The lowest BCUT2D eigenvalue weighted by Gasteiger charge is -2.46. The molecule has 208 valence electrons. The van der Waals surface area contributed by atoms with E-state index in [-0.39, 0.29) is 13.1 Å². The van der Waals surface area contributed by atoms with Gasteiger partial charge in [-0.2, -0.15) is 0 Å². The highest BCUT2D eigenvalue weighted by molar-refractivity contribution is 5.77. The van der Waals surface area contributed by atoms with E-state index in [1.54, 1.807) is 0 Å². The van der Waals surface area contributed by atoms with Crippen LogP contribution in [0.15, 0.2) is 0 Å². The molecule has 0 aliphatic carbocycles. The molecule has 15 heteroatoms. The van der Waals surface area contributed by atoms with Crippen LogP contribution in [0.1, 0.15) is 0 Å². The van der Waals surface area contributed by atoms with E-state index < -0.39 is 99.7 Å². The maximum Gasteiger partial charge on any atom is 0.246 e. The van der Waals surface area contributed by atoms with Crippen molar-refractivity contribution < 1.29 is 63.9 Å². The molecule has 15 nitrogen and oxygen atoms in total. The van der Waals surface area contributed by atoms with Gasteiger partial charge in [-0.3, -0.25) is 9.59 Å². The van der Waals surface area contributed by atoms with Gasteiger partial charge in [0.15, 0.2) is 12.6 Å². The molecule has 0 aromatic carbocycles. The van der Waals surface area contributed by atoms with E-state index in [1.807, 2.05) is 0 Å². The second-order valence-electron chi connectivity index (χ2n) is 8.11. The van der Waals surface area contributed by atoms with E-state index in [1.165, 1.54) is 0 Å². The van der Waals surface area contributed by atoms with Gasteiger partial charge in [0.05, 0.1) is 26.3 Å². The first-order valence-electron chi connectivity index (χ1n) is 11.2. The molecule has 2 amide bonds. The molecule has 0 aromatic heterocycles. The van der Waals surface area contributed by atoms with Crippen molar-refractivity contribution in [2.24, 2.45) is 0 Å². The Balaban J connectivity index is 2.04. The summed E-state index contributed by atoms with van der Waals surface area (Å²) in [5, 5.41) is 66.1. The summed E-state index contributed by atoms with van der Waals surface area (Å²) in [4.78, 5) is 23.3. The van der Waals surface area contributed by atoms with Gasteiger partial charge < -0.3 is 65.0 Å². The summed E-state index contributed by atoms with van der Waals surface area (Å²) in [5.74, 6) is 3.22. The van der Waals surface area contributed by atoms with Crippen LogP contribution in [0.5, 0.6) is 0 Å². The molecule has 2 heterocycles. The van der Waals surface area contributed by atoms with Crippen molar-refractivity contribution in [2.75, 3.05) is 39.5 Å². The first-order chi connectivity index (χ1) is 17.6. The third kappa shape index (κ3) is 8.57. The molecule has 2 aliphatic heterocycles. The van der Waals surface area contributed by atoms with Crippen LogP contribution in [0.4, 0.5) is 0 Å². The van der Waals surface area contributed by atoms with Crippen LogP contribution in [0, 0.1) is 24.7 Å². The minimum atomic E-state index is -1.82. The van der Waals surface area contributed by atoms with E-state index in [2.05, 4.69) is 22.5 Å². The Labute approximate surface area is 212 Å². The Hall–Kier alpha value is -2.38. The Morgan fingerprint density at radius 1 is 0.811 bits per heavy atom. The van der Waals surface area contributed by atoms with Gasteiger partial charge in [-0.05, 0) is 0 Å². The van der Waals surface area contributed by atoms with Crippen molar-refractivity contribution in [2.45, 2.75) is 61.4 Å². The number of terminal acetylenes is 2. The van der Waals surface area contributed by atoms with Crippen molar-refractivity contribution in [3.63, 3.8) is 0 Å². The Morgan fingerprint density at radius 2 is 1.43 bits per heavy atom. The largest absolute Gasteiger partial charge is 0.394 e. The monoisotopic (exact) mass is 532 g/mol. The predicted molar refractivity (Wildman–Crippen MR) is 120 cm³/mol. The van der Waals surface area contributed by atoms with Gasteiger partial charge in [0.25, 0.3) is 0 Å². The summed E-state index contributed by atoms with van der Waals surface area (Å²) in [7, 11) is 0. The van der Waals surface area contributed by atoms with Crippen LogP contribution in [0.25, 0.3) is 0 Å². The second-order valence-corrected chi connectivity index (χ2v) is 8.11. The molecular formula is C22H32N2O13. The van der Waals surface area contributed by atoms with E-state index >= 15 is 0 Å². The molecule has 0 saturated carbocycles. The zero-order chi connectivity index (χ0) is 27.5. The van der Waals surface area contributed by atoms with Crippen molar-refractivity contribution in [3.8, 4) is 24.7 Å². The maximum absolute atomic E-state index is 11.7. The third-order valence-electron chi connectivity index (χ3n) is 5.47. The summed E-state index contributed by atoms with van der Waals surface area (Å²) in [6, 6.07) is 0. The highest BCUT2D eigenvalue weighted by Crippen LogP contribution is 2.29. The topological polar surface area (TPSA) is 226 Å². The van der Waals surface area contributed by atoms with Gasteiger partial charge in [-0.1, -0.05) is 11.8 Å². The Bertz CT molecular complexity index is 830. The minimum Gasteiger partial charge on any atom is -0.394 e. The number of hydrogen-bond donors (Lipinski definition) is 8. The Kier molecular flexibility index (Phi) is 12.6. The van der Waals surface area contributed by atoms with Gasteiger partial charge in [0.2, 0.25) is 11.8 Å². The zero-order valence-corrected chi connectivity index (χ0v) is 19.7. The van der Waals surface area contributed by atoms with Gasteiger partial charge in [-0.15, -0.1) is 12.8 Å². The molecule has 0 aromatic rings. The van der Waals surface area contributed by atoms with Gasteiger partial charge in [-0.25, -0.2) is 0 Å². The van der Waals surface area contributed by atoms with Crippen molar-refractivity contribution in [1.29, 1.82) is 0 Å². The van der Waals surface area contributed by atoms with E-state index in [4.69, 9.17) is 36.5 Å². The van der Waals surface area contributed by atoms with Crippen molar-refractivity contribution in [1.82, 2.24) is 10.6 Å². The fourth-order valence-corrected chi connectivity index (χ4v) is 3.57. The Morgan fingerprint density at radius 3 is 2.03 bits per heavy atom. The molecule has 2 fully saturated rings. The number of amides is 2. The summed E-state index contributed by atoms with van der Waals surface area (Å²) < 4.78 is 26.7. The van der Waals surface area contributed by atoms with E-state index in [0.29, 0.717) is 0 Å². The number of carbonyl (C=O) groups is 2. The van der Waals surface area contributed by atoms with Crippen LogP contribution in [-0.4, -0.2) is 143 Å². The molecule has 2 aliphatic rings. The lowest BCUT2D eigenvalue weighted by Crippen LogP contribution is -2.65. The fraction of sp³-hybridized carbons (Fsp3) is 0.727. The van der Waals surface area contributed by atoms with Crippen LogP contribution >= 0.6 is 0 Å². The molecule has 10 atom stereocenters. The smallest absolute Gasteiger partial charge is 0.246 e. The first-order valence-corrected chi connectivity index (χ1v) is 11.2. The van der Waals surface area contributed by atoms with Crippen LogP contribution in [0.2, 0.25) is 0 Å². The predicted octanol–water partition coefficient (Wildman–Crippen LogP) is -5.85. The number of nitrogens with one attached hydrogen (secondary N) is 2. The van der Waals surface area contributed by atoms with Crippen molar-refractivity contribution >= 4 is 11.8 Å². The molecule has 37 heavy (non-hydrogen) atoms. The SMILES string of the molecule is C#CCNC(=O)COCC1OC(OC2C(CO)OC(O)C(OCC(=O)NCC#C)C2O)C(O)C(O)C1O. The molecule has 8 N–H and O–H groups in total. The third-order valence-corrected chi connectivity index (χ3v) is 5.47. The number of ether oxygens (including phenoxy) is 5. The number of rotatable bonds is 12. The summed E-state index contributed by atoms with van der Waals surface area (Å²) in [6.45, 7) is -2.29. The molecule has 2 rings (SSSR count). The van der Waals surface area contributed by atoms with Crippen LogP contribution in [0.3, 0.4) is 0 Å². The van der Waals surface area contributed by atoms with Gasteiger partial charge >= 0.3 is 0 Å². The first kappa shape index (κ1) is 30.8. The normalized spacial score (nSPS) is 35.7. The van der Waals surface area contributed by atoms with Crippen molar-refractivity contribution in [3.05, 3.63) is 0 Å². The average Bonchev–Trinajstić information content (AvgIpc) is 2.88. The molecule has 0 radical (unpaired) electrons. The summed E-state index contributed by atoms with van der Waals surface area (Å²) in [5.41, 5.74) is 0. The zero-order valence-electron chi connectivity index (χ0n) is 19.7. The second kappa shape index (κ2) is 15.1. The number of hydrogen-bond acceptors (Lipinski definition) is 13. The number of aliphatic hydroxyl groups is 6. The standard InChI is InChI=1S/C22H32N2O13/c1-3-5-23-13(26)9-33-8-12-15(28)16(29)17(30)22(36-12)37-19-11(7-25)35-21(32)20(18(19)31)34-10-14(27)24-6-4-2/h1-2,11-12,15-22,25,28-32H,5-10H2,(H,23,26)(H,24,27). The quantitative estimate of drug-likeness (QED) is 0.110. The highest BCUT2D eigenvalue weighted by atomic mass is 16.7. The average molecular weight is 532 g/mol. The van der Waals surface area contributed by atoms with Crippen LogP contribution < -0.4 is 10.6 Å². The highest BCUT2D eigenvalue weighted by Gasteiger charge is 2.51. The molecule has 0 bridgehead atoms. The molecule has 2 saturated heterocycles. The van der Waals surface area contributed by atoms with Gasteiger partial charge in [0, 0.05) is 0 Å². The lowest BCUT2D eigenvalue weighted by molar-refractivity contribution is -0.358. The fourth-order valence-electron chi connectivity index (χ4n) is 3.57. The molecule has 10 unspecified atom stereocenters. The summed E-state index contributed by atoms with van der Waals surface area (Å²) in [6.07, 6.45) is -5.95. The lowest BCUT2D eigenvalue weighted by atomic mass is 9.97. The summed E-state index contributed by atoms with van der Waals surface area (Å²) >= 11 is 0. The van der Waals surface area contributed by atoms with E-state index in [9.17, 15) is 40.2 Å². The number of carbonyl (C=O) groups excluding carboxylic acids is 2. The molecular weight excluding hydrogens is 500 g/mol. The van der Waals surface area contributed by atoms with E-state index in [0.717, 1.165) is 0 Å². The number of aliphatic hydroxyl groups excluding tert-OH is 6.